The number of ether oxygens (including phenoxy) is 1. The number of nitrogens with one attached hydrogen (secondary N) is 1. The van der Waals surface area contributed by atoms with E-state index in [0.29, 0.717) is 0 Å². The molecule has 0 fully saturated rings. The summed E-state index contributed by atoms with van der Waals surface area (Å²) in [7, 11) is 1.67. The van der Waals surface area contributed by atoms with Gasteiger partial charge in [-0.15, -0.1) is 0 Å². The van der Waals surface area contributed by atoms with Crippen molar-refractivity contribution in [1.82, 2.24) is 5.32 Å². The van der Waals surface area contributed by atoms with Crippen LogP contribution in [-0.4, -0.2) is 12.6 Å². The molecule has 0 saturated carbocycles. The summed E-state index contributed by atoms with van der Waals surface area (Å²) in [6.45, 7) is 2.73. The van der Waals surface area contributed by atoms with Crippen LogP contribution in [-0.2, 0) is 6.54 Å². The summed E-state index contributed by atoms with van der Waals surface area (Å²) in [4.78, 5) is 0. The van der Waals surface area contributed by atoms with Crippen molar-refractivity contribution in [2.45, 2.75) is 13.5 Å². The van der Waals surface area contributed by atoms with Gasteiger partial charge in [0.2, 0.25) is 0 Å². The molecular weight excluding hydrogens is 265 g/mol. The molecule has 0 aliphatic carbocycles. The lowest BCUT2D eigenvalue weighted by molar-refractivity contribution is 0.405. The van der Waals surface area contributed by atoms with Gasteiger partial charge in [0.25, 0.3) is 0 Å². The predicted octanol–water partition coefficient (Wildman–Crippen LogP) is 3.10. The normalized spacial score (nSPS) is 10.3. The highest BCUT2D eigenvalue weighted by molar-refractivity contribution is 9.09. The fourth-order valence-electron chi connectivity index (χ4n) is 1.40. The van der Waals surface area contributed by atoms with Gasteiger partial charge in [0, 0.05) is 17.1 Å². The van der Waals surface area contributed by atoms with Crippen molar-refractivity contribution < 1.29 is 4.74 Å². The van der Waals surface area contributed by atoms with Crippen molar-refractivity contribution in [3.05, 3.63) is 28.3 Å². The number of aryl methyl sites for hydroxylation is 1. The van der Waals surface area contributed by atoms with E-state index in [9.17, 15) is 0 Å². The number of hydrogen-bond donors (Lipinski definition) is 1. The van der Waals surface area contributed by atoms with E-state index in [2.05, 4.69) is 21.2 Å². The van der Waals surface area contributed by atoms with Crippen molar-refractivity contribution in [2.24, 2.45) is 0 Å². The van der Waals surface area contributed by atoms with E-state index < -0.39 is 0 Å². The van der Waals surface area contributed by atoms with E-state index in [4.69, 9.17) is 16.3 Å². The van der Waals surface area contributed by atoms with Crippen molar-refractivity contribution in [3.8, 4) is 5.75 Å². The summed E-state index contributed by atoms with van der Waals surface area (Å²) < 4.78 is 5.31. The summed E-state index contributed by atoms with van der Waals surface area (Å²) in [6.07, 6.45) is 0. The van der Waals surface area contributed by atoms with Gasteiger partial charge in [-0.3, -0.25) is 0 Å². The first kappa shape index (κ1) is 11.8. The first-order chi connectivity index (χ1) is 6.69. The molecule has 0 atom stereocenters. The second kappa shape index (κ2) is 5.59. The van der Waals surface area contributed by atoms with Gasteiger partial charge < -0.3 is 10.1 Å². The predicted molar refractivity (Wildman–Crippen MR) is 63.4 cm³/mol. The van der Waals surface area contributed by atoms with Gasteiger partial charge in [0.15, 0.2) is 0 Å². The largest absolute Gasteiger partial charge is 0.496 e. The van der Waals surface area contributed by atoms with Crippen LogP contribution in [0.15, 0.2) is 12.1 Å². The third kappa shape index (κ3) is 2.87. The van der Waals surface area contributed by atoms with Gasteiger partial charge in [-0.2, -0.15) is 0 Å². The number of halogens is 2. The maximum Gasteiger partial charge on any atom is 0.126 e. The molecule has 0 spiro atoms. The lowest BCUT2D eigenvalue weighted by Gasteiger charge is -2.12. The molecule has 1 aromatic rings. The molecule has 0 radical (unpaired) electrons. The maximum absolute atomic E-state index is 5.96. The molecule has 0 aliphatic rings. The second-order valence-corrected chi connectivity index (χ2v) is 3.97. The van der Waals surface area contributed by atoms with E-state index in [0.717, 1.165) is 33.9 Å². The summed E-state index contributed by atoms with van der Waals surface area (Å²) in [5.74, 6) is 0.905. The number of methoxy groups -OCH3 is 1. The van der Waals surface area contributed by atoms with E-state index in [1.165, 1.54) is 0 Å². The topological polar surface area (TPSA) is 21.3 Å². The molecular formula is C10H13BrClNO. The quantitative estimate of drug-likeness (QED) is 0.675. The minimum atomic E-state index is 0.745. The lowest BCUT2D eigenvalue weighted by atomic mass is 10.1. The molecule has 0 amide bonds. The monoisotopic (exact) mass is 277 g/mol. The SMILES string of the molecule is COc1c(C)cc(Cl)cc1CNCBr. The van der Waals surface area contributed by atoms with Crippen LogP contribution in [0.2, 0.25) is 5.02 Å². The summed E-state index contributed by atoms with van der Waals surface area (Å²) in [5, 5.41) is 3.92. The second-order valence-electron chi connectivity index (χ2n) is 2.98. The Hall–Kier alpha value is -0.250. The molecule has 2 nitrogen and oxygen atoms in total. The zero-order valence-electron chi connectivity index (χ0n) is 8.23. The van der Waals surface area contributed by atoms with E-state index in [1.807, 2.05) is 19.1 Å². The molecule has 4 heteroatoms. The average Bonchev–Trinajstić information content (AvgIpc) is 2.14. The van der Waals surface area contributed by atoms with Gasteiger partial charge in [-0.05, 0) is 24.6 Å². The first-order valence-electron chi connectivity index (χ1n) is 4.28. The Morgan fingerprint density at radius 1 is 1.50 bits per heavy atom. The van der Waals surface area contributed by atoms with Crippen molar-refractivity contribution >= 4 is 27.5 Å². The van der Waals surface area contributed by atoms with E-state index in [1.54, 1.807) is 7.11 Å². The zero-order valence-corrected chi connectivity index (χ0v) is 10.6. The van der Waals surface area contributed by atoms with Crippen LogP contribution in [0.25, 0.3) is 0 Å². The molecule has 0 aromatic heterocycles. The number of alkyl halides is 1. The third-order valence-electron chi connectivity index (χ3n) is 1.93. The molecule has 0 heterocycles. The molecule has 1 rings (SSSR count). The smallest absolute Gasteiger partial charge is 0.126 e. The number of rotatable bonds is 4. The summed E-state index contributed by atoms with van der Waals surface area (Å²) >= 11 is 9.27. The van der Waals surface area contributed by atoms with Crippen molar-refractivity contribution in [1.29, 1.82) is 0 Å². The summed E-state index contributed by atoms with van der Waals surface area (Å²) in [6, 6.07) is 3.82. The highest BCUT2D eigenvalue weighted by Gasteiger charge is 2.07. The van der Waals surface area contributed by atoms with Crippen LogP contribution in [0.1, 0.15) is 11.1 Å². The Balaban J connectivity index is 2.99. The van der Waals surface area contributed by atoms with Crippen molar-refractivity contribution in [2.75, 3.05) is 12.6 Å². The maximum atomic E-state index is 5.96. The van der Waals surface area contributed by atoms with Crippen LogP contribution in [0.5, 0.6) is 5.75 Å². The average molecular weight is 279 g/mol. The molecule has 1 aromatic carbocycles. The minimum absolute atomic E-state index is 0.745. The molecule has 78 valence electrons. The molecule has 0 aliphatic heterocycles. The van der Waals surface area contributed by atoms with Crippen LogP contribution in [0.4, 0.5) is 0 Å². The van der Waals surface area contributed by atoms with E-state index >= 15 is 0 Å². The highest BCUT2D eigenvalue weighted by Crippen LogP contribution is 2.27. The fraction of sp³-hybridized carbons (Fsp3) is 0.400. The van der Waals surface area contributed by atoms with Crippen LogP contribution in [0.3, 0.4) is 0 Å². The molecule has 1 N–H and O–H groups in total. The standard InChI is InChI=1S/C10H13BrClNO/c1-7-3-9(12)4-8(5-13-6-11)10(7)14-2/h3-4,13H,5-6H2,1-2H3. The Bertz CT molecular complexity index is 317. The summed E-state index contributed by atoms with van der Waals surface area (Å²) in [5.41, 5.74) is 2.89. The molecule has 14 heavy (non-hydrogen) atoms. The van der Waals surface area contributed by atoms with Gasteiger partial charge >= 0.3 is 0 Å². The number of benzene rings is 1. The van der Waals surface area contributed by atoms with Gasteiger partial charge in [-0.1, -0.05) is 27.5 Å². The van der Waals surface area contributed by atoms with Gasteiger partial charge in [0.1, 0.15) is 5.75 Å². The molecule has 0 unspecified atom stereocenters. The minimum Gasteiger partial charge on any atom is -0.496 e. The van der Waals surface area contributed by atoms with Gasteiger partial charge in [0.05, 0.1) is 12.6 Å². The van der Waals surface area contributed by atoms with Crippen LogP contribution < -0.4 is 10.1 Å². The molecule has 0 bridgehead atoms. The van der Waals surface area contributed by atoms with E-state index in [-0.39, 0.29) is 0 Å². The Morgan fingerprint density at radius 2 is 2.21 bits per heavy atom. The van der Waals surface area contributed by atoms with Crippen LogP contribution >= 0.6 is 27.5 Å². The van der Waals surface area contributed by atoms with Crippen molar-refractivity contribution in [3.63, 3.8) is 0 Å². The van der Waals surface area contributed by atoms with Crippen LogP contribution in [0, 0.1) is 6.92 Å². The third-order valence-corrected chi connectivity index (χ3v) is 2.55. The Labute approximate surface area is 97.7 Å². The zero-order chi connectivity index (χ0) is 10.6. The Morgan fingerprint density at radius 3 is 2.79 bits per heavy atom. The fourth-order valence-corrected chi connectivity index (χ4v) is 1.90. The first-order valence-corrected chi connectivity index (χ1v) is 5.78. The number of hydrogen-bond acceptors (Lipinski definition) is 2. The lowest BCUT2D eigenvalue weighted by Crippen LogP contribution is -2.11. The van der Waals surface area contributed by atoms with Gasteiger partial charge in [-0.25, -0.2) is 0 Å². The molecule has 0 saturated heterocycles. The Kier molecular flexibility index (Phi) is 4.72. The highest BCUT2D eigenvalue weighted by atomic mass is 79.9.